The molecular formula is C15H18N6OS. The van der Waals surface area contributed by atoms with Gasteiger partial charge in [-0.15, -0.1) is 0 Å². The molecule has 0 aliphatic carbocycles. The Morgan fingerprint density at radius 2 is 2.00 bits per heavy atom. The Bertz CT molecular complexity index is 941. The molecule has 0 spiro atoms. The van der Waals surface area contributed by atoms with E-state index in [4.69, 9.17) is 10.5 Å². The van der Waals surface area contributed by atoms with Crippen LogP contribution in [0.5, 0.6) is 0 Å². The molecule has 8 heteroatoms. The smallest absolute Gasteiger partial charge is 0.328 e. The summed E-state index contributed by atoms with van der Waals surface area (Å²) < 4.78 is 9.54. The highest BCUT2D eigenvalue weighted by molar-refractivity contribution is 7.85. The summed E-state index contributed by atoms with van der Waals surface area (Å²) in [5.74, 6) is 0.820. The van der Waals surface area contributed by atoms with Crippen LogP contribution in [0.2, 0.25) is 0 Å². The molecule has 7 nitrogen and oxygen atoms in total. The van der Waals surface area contributed by atoms with E-state index < -0.39 is 10.7 Å². The summed E-state index contributed by atoms with van der Waals surface area (Å²) in [6.07, 6.45) is 0. The van der Waals surface area contributed by atoms with Crippen molar-refractivity contribution in [1.82, 2.24) is 19.5 Å². The second kappa shape index (κ2) is 5.96. The number of aromatic amines is 1. The highest BCUT2D eigenvalue weighted by Gasteiger charge is 2.15. The molecule has 2 heterocycles. The number of anilines is 1. The molecule has 23 heavy (non-hydrogen) atoms. The summed E-state index contributed by atoms with van der Waals surface area (Å²) in [5, 5.41) is 0.370. The van der Waals surface area contributed by atoms with Crippen LogP contribution in [0.4, 0.5) is 5.82 Å². The molecule has 1 unspecified atom stereocenters. The van der Waals surface area contributed by atoms with Gasteiger partial charge in [-0.3, -0.25) is 9.35 Å². The molecule has 2 aromatic heterocycles. The standard InChI is InChI=1S/C15H18N6OS/c1-3-23(17)14-19-12(16)11-13(20-14)21(15(22)18-11)8-10-6-4-9(2)5-7-10/h4-7,17H,3,8H2,1-2H3,(H,18,22)(H2,16,19,20). The molecule has 0 aliphatic rings. The summed E-state index contributed by atoms with van der Waals surface area (Å²) in [6, 6.07) is 7.96. The Balaban J connectivity index is 2.14. The number of H-pyrrole nitrogens is 1. The fraction of sp³-hybridized carbons (Fsp3) is 0.267. The van der Waals surface area contributed by atoms with Gasteiger partial charge in [0.2, 0.25) is 5.16 Å². The number of aryl methyl sites for hydroxylation is 1. The van der Waals surface area contributed by atoms with Crippen LogP contribution in [-0.4, -0.2) is 25.3 Å². The van der Waals surface area contributed by atoms with Gasteiger partial charge >= 0.3 is 5.69 Å². The number of nitrogens with one attached hydrogen (secondary N) is 2. The van der Waals surface area contributed by atoms with E-state index in [0.717, 1.165) is 11.1 Å². The number of nitrogens with two attached hydrogens (primary N) is 1. The fourth-order valence-electron chi connectivity index (χ4n) is 2.29. The first-order chi connectivity index (χ1) is 11.0. The van der Waals surface area contributed by atoms with Crippen molar-refractivity contribution in [2.24, 2.45) is 0 Å². The first kappa shape index (κ1) is 15.4. The number of nitrogen functional groups attached to an aromatic ring is 1. The van der Waals surface area contributed by atoms with Gasteiger partial charge in [0.1, 0.15) is 5.52 Å². The normalized spacial score (nSPS) is 12.6. The monoisotopic (exact) mass is 330 g/mol. The van der Waals surface area contributed by atoms with Crippen molar-refractivity contribution in [3.63, 3.8) is 0 Å². The Morgan fingerprint density at radius 3 is 2.65 bits per heavy atom. The van der Waals surface area contributed by atoms with E-state index in [1.165, 1.54) is 4.57 Å². The largest absolute Gasteiger partial charge is 0.382 e. The quantitative estimate of drug-likeness (QED) is 0.633. The van der Waals surface area contributed by atoms with Crippen LogP contribution < -0.4 is 11.4 Å². The van der Waals surface area contributed by atoms with Gasteiger partial charge in [0.05, 0.1) is 6.54 Å². The first-order valence-electron chi connectivity index (χ1n) is 7.23. The molecule has 120 valence electrons. The third-order valence-electron chi connectivity index (χ3n) is 3.60. The third kappa shape index (κ3) is 2.89. The van der Waals surface area contributed by atoms with Gasteiger partial charge < -0.3 is 10.7 Å². The Morgan fingerprint density at radius 1 is 1.30 bits per heavy atom. The van der Waals surface area contributed by atoms with E-state index in [0.29, 0.717) is 28.6 Å². The molecule has 1 aromatic carbocycles. The van der Waals surface area contributed by atoms with Crippen LogP contribution >= 0.6 is 0 Å². The minimum atomic E-state index is -0.837. The van der Waals surface area contributed by atoms with Crippen LogP contribution in [0.25, 0.3) is 11.2 Å². The average molecular weight is 330 g/mol. The highest BCUT2D eigenvalue weighted by atomic mass is 32.2. The Kier molecular flexibility index (Phi) is 3.99. The molecule has 0 aliphatic heterocycles. The highest BCUT2D eigenvalue weighted by Crippen LogP contribution is 2.17. The fourth-order valence-corrected chi connectivity index (χ4v) is 2.96. The molecule has 4 N–H and O–H groups in total. The lowest BCUT2D eigenvalue weighted by Crippen LogP contribution is -2.18. The molecule has 3 aromatic rings. The molecule has 0 bridgehead atoms. The minimum absolute atomic E-state index is 0.211. The zero-order chi connectivity index (χ0) is 16.6. The predicted octanol–water partition coefficient (Wildman–Crippen LogP) is 1.82. The molecule has 0 fully saturated rings. The van der Waals surface area contributed by atoms with Gasteiger partial charge in [-0.2, -0.15) is 0 Å². The maximum atomic E-state index is 12.3. The predicted molar refractivity (Wildman–Crippen MR) is 91.7 cm³/mol. The second-order valence-electron chi connectivity index (χ2n) is 5.27. The zero-order valence-electron chi connectivity index (χ0n) is 13.0. The number of benzene rings is 1. The SMILES string of the molecule is CCS(=N)c1nc(N)c2[nH]c(=O)n(Cc3ccc(C)cc3)c2n1. The summed E-state index contributed by atoms with van der Waals surface area (Å²) >= 11 is 0. The van der Waals surface area contributed by atoms with Gasteiger partial charge in [0.25, 0.3) is 0 Å². The molecule has 0 saturated heterocycles. The van der Waals surface area contributed by atoms with Gasteiger partial charge in [-0.25, -0.2) is 14.8 Å². The number of rotatable bonds is 4. The number of imidazole rings is 1. The maximum absolute atomic E-state index is 12.3. The van der Waals surface area contributed by atoms with Crippen molar-refractivity contribution >= 4 is 27.7 Å². The number of aromatic nitrogens is 4. The molecule has 1 atom stereocenters. The Labute approximate surface area is 135 Å². The van der Waals surface area contributed by atoms with E-state index in [1.807, 2.05) is 38.1 Å². The molecule has 0 amide bonds. The van der Waals surface area contributed by atoms with Gasteiger partial charge in [-0.05, 0) is 23.2 Å². The number of hydrogen-bond donors (Lipinski definition) is 3. The number of hydrogen-bond acceptors (Lipinski definition) is 5. The molecule has 0 radical (unpaired) electrons. The van der Waals surface area contributed by atoms with E-state index in [1.54, 1.807) is 0 Å². The van der Waals surface area contributed by atoms with Gasteiger partial charge in [0.15, 0.2) is 11.5 Å². The zero-order valence-corrected chi connectivity index (χ0v) is 13.8. The first-order valence-corrected chi connectivity index (χ1v) is 8.62. The van der Waals surface area contributed by atoms with Gasteiger partial charge in [0, 0.05) is 5.75 Å². The van der Waals surface area contributed by atoms with Crippen molar-refractivity contribution in [3.8, 4) is 0 Å². The maximum Gasteiger partial charge on any atom is 0.328 e. The lowest BCUT2D eigenvalue weighted by molar-refractivity contribution is 0.771. The molecule has 3 rings (SSSR count). The van der Waals surface area contributed by atoms with Crippen LogP contribution in [0.1, 0.15) is 18.1 Å². The van der Waals surface area contributed by atoms with Crippen LogP contribution in [0.3, 0.4) is 0 Å². The number of nitrogens with zero attached hydrogens (tertiary/aromatic N) is 3. The summed E-state index contributed by atoms with van der Waals surface area (Å²) in [4.78, 5) is 23.5. The van der Waals surface area contributed by atoms with Crippen LogP contribution in [0, 0.1) is 11.7 Å². The van der Waals surface area contributed by atoms with Crippen molar-refractivity contribution < 1.29 is 0 Å². The van der Waals surface area contributed by atoms with Crippen LogP contribution in [-0.2, 0) is 17.2 Å². The summed E-state index contributed by atoms with van der Waals surface area (Å²) in [6.45, 7) is 4.31. The van der Waals surface area contributed by atoms with Crippen molar-refractivity contribution in [2.75, 3.05) is 11.5 Å². The second-order valence-corrected chi connectivity index (χ2v) is 7.00. The lowest BCUT2D eigenvalue weighted by atomic mass is 10.1. The van der Waals surface area contributed by atoms with Crippen LogP contribution in [0.15, 0.2) is 34.2 Å². The van der Waals surface area contributed by atoms with E-state index in [9.17, 15) is 4.79 Å². The molecule has 0 saturated carbocycles. The van der Waals surface area contributed by atoms with Crippen molar-refractivity contribution in [1.29, 1.82) is 4.78 Å². The summed E-state index contributed by atoms with van der Waals surface area (Å²) in [7, 11) is -0.837. The topological polar surface area (TPSA) is 113 Å². The van der Waals surface area contributed by atoms with Crippen molar-refractivity contribution in [3.05, 3.63) is 45.9 Å². The minimum Gasteiger partial charge on any atom is -0.382 e. The van der Waals surface area contributed by atoms with Gasteiger partial charge in [-0.1, -0.05) is 36.8 Å². The van der Waals surface area contributed by atoms with E-state index in [-0.39, 0.29) is 11.5 Å². The van der Waals surface area contributed by atoms with Crippen molar-refractivity contribution in [2.45, 2.75) is 25.5 Å². The average Bonchev–Trinajstić information content (AvgIpc) is 2.85. The number of fused-ring (bicyclic) bond motifs is 1. The van der Waals surface area contributed by atoms with E-state index >= 15 is 0 Å². The Hall–Kier alpha value is -2.48. The lowest BCUT2D eigenvalue weighted by Gasteiger charge is -2.06. The molecular weight excluding hydrogens is 312 g/mol. The van der Waals surface area contributed by atoms with E-state index in [2.05, 4.69) is 15.0 Å². The third-order valence-corrected chi connectivity index (χ3v) is 4.80. The summed E-state index contributed by atoms with van der Waals surface area (Å²) in [5.41, 5.74) is 8.70.